The number of carbonyl (C=O) groups is 1. The molecule has 1 unspecified atom stereocenters. The van der Waals surface area contributed by atoms with Gasteiger partial charge >= 0.3 is 11.6 Å². The highest BCUT2D eigenvalue weighted by Crippen LogP contribution is 2.41. The van der Waals surface area contributed by atoms with Crippen LogP contribution in [0.15, 0.2) is 38.5 Å². The first-order valence-electron chi connectivity index (χ1n) is 9.60. The molecule has 7 heteroatoms. The van der Waals surface area contributed by atoms with Crippen LogP contribution in [0, 0.1) is 5.92 Å². The molecule has 6 nitrogen and oxygen atoms in total. The summed E-state index contributed by atoms with van der Waals surface area (Å²) in [4.78, 5) is 30.3. The second-order valence-electron chi connectivity index (χ2n) is 7.16. The Kier molecular flexibility index (Phi) is 5.24. The Hall–Kier alpha value is -2.93. The summed E-state index contributed by atoms with van der Waals surface area (Å²) in [5.74, 6) is -0.310. The molecule has 2 heterocycles. The quantitative estimate of drug-likeness (QED) is 0.500. The van der Waals surface area contributed by atoms with E-state index < -0.39 is 11.6 Å². The summed E-state index contributed by atoms with van der Waals surface area (Å²) >= 11 is 1.48. The van der Waals surface area contributed by atoms with Crippen LogP contribution in [0.3, 0.4) is 0 Å². The molecule has 1 atom stereocenters. The normalized spacial score (nSPS) is 16.3. The maximum absolute atomic E-state index is 12.6. The van der Waals surface area contributed by atoms with Crippen molar-refractivity contribution in [3.05, 3.63) is 56.3 Å². The van der Waals surface area contributed by atoms with E-state index in [2.05, 4.69) is 11.9 Å². The lowest BCUT2D eigenvalue weighted by Gasteiger charge is -2.18. The average molecular weight is 411 g/mol. The molecule has 1 N–H and O–H groups in total. The SMILES string of the molecule is CCOC(=O)c1c(N=Cc2c(O)oc(=O)c3ccccc23)sc2c1CCC(C)C2. The molecule has 2 aromatic heterocycles. The molecule has 1 aliphatic rings. The summed E-state index contributed by atoms with van der Waals surface area (Å²) in [6.45, 7) is 4.27. The molecule has 150 valence electrons. The van der Waals surface area contributed by atoms with Gasteiger partial charge in [-0.1, -0.05) is 25.1 Å². The van der Waals surface area contributed by atoms with Crippen molar-refractivity contribution >= 4 is 39.3 Å². The van der Waals surface area contributed by atoms with Crippen molar-refractivity contribution in [2.45, 2.75) is 33.1 Å². The first-order valence-corrected chi connectivity index (χ1v) is 10.4. The Morgan fingerprint density at radius 2 is 2.14 bits per heavy atom. The van der Waals surface area contributed by atoms with E-state index in [-0.39, 0.29) is 12.6 Å². The number of hydrogen-bond donors (Lipinski definition) is 1. The van der Waals surface area contributed by atoms with Gasteiger partial charge in [0.15, 0.2) is 0 Å². The zero-order valence-corrected chi connectivity index (χ0v) is 17.0. The zero-order chi connectivity index (χ0) is 20.5. The molecule has 0 radical (unpaired) electrons. The number of hydrogen-bond acceptors (Lipinski definition) is 7. The number of ether oxygens (including phenoxy) is 1. The smallest absolute Gasteiger partial charge is 0.346 e. The molecule has 29 heavy (non-hydrogen) atoms. The van der Waals surface area contributed by atoms with Gasteiger partial charge in [-0.05, 0) is 43.7 Å². The van der Waals surface area contributed by atoms with E-state index in [4.69, 9.17) is 9.15 Å². The molecule has 1 aliphatic carbocycles. The summed E-state index contributed by atoms with van der Waals surface area (Å²) in [7, 11) is 0. The van der Waals surface area contributed by atoms with Gasteiger partial charge in [-0.15, -0.1) is 11.3 Å². The van der Waals surface area contributed by atoms with Gasteiger partial charge in [0.05, 0.1) is 23.1 Å². The molecule has 3 aromatic rings. The second-order valence-corrected chi connectivity index (χ2v) is 8.25. The number of aromatic hydroxyl groups is 1. The summed E-state index contributed by atoms with van der Waals surface area (Å²) < 4.78 is 10.2. The van der Waals surface area contributed by atoms with E-state index in [9.17, 15) is 14.7 Å². The van der Waals surface area contributed by atoms with E-state index in [0.717, 1.165) is 29.7 Å². The van der Waals surface area contributed by atoms with Crippen molar-refractivity contribution in [2.24, 2.45) is 10.9 Å². The fraction of sp³-hybridized carbons (Fsp3) is 0.318. The highest BCUT2D eigenvalue weighted by Gasteiger charge is 2.28. The van der Waals surface area contributed by atoms with Gasteiger partial charge in [-0.2, -0.15) is 0 Å². The fourth-order valence-electron chi connectivity index (χ4n) is 3.70. The van der Waals surface area contributed by atoms with Crippen molar-refractivity contribution < 1.29 is 19.1 Å². The molecular weight excluding hydrogens is 390 g/mol. The third kappa shape index (κ3) is 3.58. The van der Waals surface area contributed by atoms with Gasteiger partial charge in [-0.25, -0.2) is 14.6 Å². The van der Waals surface area contributed by atoms with Crippen LogP contribution in [0.5, 0.6) is 5.95 Å². The highest BCUT2D eigenvalue weighted by atomic mass is 32.1. The first-order chi connectivity index (χ1) is 14.0. The van der Waals surface area contributed by atoms with E-state index in [1.54, 1.807) is 31.2 Å². The summed E-state index contributed by atoms with van der Waals surface area (Å²) in [5.41, 5.74) is 1.22. The molecule has 0 saturated carbocycles. The number of fused-ring (bicyclic) bond motifs is 2. The maximum atomic E-state index is 12.6. The number of aliphatic imine (C=N–C) groups is 1. The minimum absolute atomic E-state index is 0.290. The zero-order valence-electron chi connectivity index (χ0n) is 16.2. The number of esters is 1. The van der Waals surface area contributed by atoms with Gasteiger partial charge in [-0.3, -0.25) is 0 Å². The molecule has 1 aromatic carbocycles. The molecule has 0 saturated heterocycles. The van der Waals surface area contributed by atoms with Crippen LogP contribution < -0.4 is 5.63 Å². The fourth-order valence-corrected chi connectivity index (χ4v) is 5.04. The molecule has 0 aliphatic heterocycles. The number of rotatable bonds is 4. The standard InChI is InChI=1S/C22H21NO5S/c1-3-27-22(26)18-15-9-8-12(2)10-17(15)29-19(18)23-11-16-13-6-4-5-7-14(13)20(24)28-21(16)25/h4-7,11-12,25H,3,8-10H2,1-2H3. The Bertz CT molecular complexity index is 1170. The van der Waals surface area contributed by atoms with Crippen molar-refractivity contribution in [3.63, 3.8) is 0 Å². The van der Waals surface area contributed by atoms with E-state index in [0.29, 0.717) is 32.8 Å². The van der Waals surface area contributed by atoms with Gasteiger partial charge in [0.1, 0.15) is 5.00 Å². The van der Waals surface area contributed by atoms with Crippen molar-refractivity contribution in [2.75, 3.05) is 6.61 Å². The van der Waals surface area contributed by atoms with Crippen LogP contribution in [-0.4, -0.2) is 23.9 Å². The maximum Gasteiger partial charge on any atom is 0.346 e. The van der Waals surface area contributed by atoms with Gasteiger partial charge in [0.2, 0.25) is 0 Å². The highest BCUT2D eigenvalue weighted by molar-refractivity contribution is 7.16. The lowest BCUT2D eigenvalue weighted by Crippen LogP contribution is -2.13. The molecular formula is C22H21NO5S. The molecule has 0 spiro atoms. The van der Waals surface area contributed by atoms with Crippen molar-refractivity contribution in [3.8, 4) is 5.95 Å². The number of benzene rings is 1. The van der Waals surface area contributed by atoms with E-state index in [1.807, 2.05) is 0 Å². The van der Waals surface area contributed by atoms with Crippen LogP contribution in [0.1, 0.15) is 46.6 Å². The van der Waals surface area contributed by atoms with Crippen LogP contribution in [-0.2, 0) is 17.6 Å². The molecule has 0 bridgehead atoms. The lowest BCUT2D eigenvalue weighted by atomic mass is 9.88. The third-order valence-corrected chi connectivity index (χ3v) is 6.30. The summed E-state index contributed by atoms with van der Waals surface area (Å²) in [6.07, 6.45) is 4.21. The van der Waals surface area contributed by atoms with Crippen LogP contribution >= 0.6 is 11.3 Å². The second kappa shape index (κ2) is 7.83. The van der Waals surface area contributed by atoms with E-state index >= 15 is 0 Å². The summed E-state index contributed by atoms with van der Waals surface area (Å²) in [5, 5.41) is 11.6. The van der Waals surface area contributed by atoms with Crippen LogP contribution in [0.25, 0.3) is 10.8 Å². The third-order valence-electron chi connectivity index (χ3n) is 5.14. The predicted octanol–water partition coefficient (Wildman–Crippen LogP) is 4.61. The number of thiophene rings is 1. The van der Waals surface area contributed by atoms with Crippen LogP contribution in [0.2, 0.25) is 0 Å². The number of carbonyl (C=O) groups excluding carboxylic acids is 1. The van der Waals surface area contributed by atoms with Gasteiger partial charge in [0, 0.05) is 16.5 Å². The number of nitrogens with zero attached hydrogens (tertiary/aromatic N) is 1. The van der Waals surface area contributed by atoms with E-state index in [1.165, 1.54) is 17.6 Å². The summed E-state index contributed by atoms with van der Waals surface area (Å²) in [6, 6.07) is 6.85. The lowest BCUT2D eigenvalue weighted by molar-refractivity contribution is 0.0526. The average Bonchev–Trinajstić information content (AvgIpc) is 3.05. The van der Waals surface area contributed by atoms with Gasteiger partial charge in [0.25, 0.3) is 5.95 Å². The Balaban J connectivity index is 1.83. The Labute approximate surface area is 171 Å². The largest absolute Gasteiger partial charge is 0.480 e. The van der Waals surface area contributed by atoms with Crippen molar-refractivity contribution in [1.82, 2.24) is 0 Å². The monoisotopic (exact) mass is 411 g/mol. The van der Waals surface area contributed by atoms with Crippen LogP contribution in [0.4, 0.5) is 5.00 Å². The molecule has 0 amide bonds. The topological polar surface area (TPSA) is 89.1 Å². The molecule has 0 fully saturated rings. The Morgan fingerprint density at radius 3 is 2.90 bits per heavy atom. The van der Waals surface area contributed by atoms with Gasteiger partial charge < -0.3 is 14.3 Å². The first kappa shape index (κ1) is 19.4. The molecule has 4 rings (SSSR count). The minimum atomic E-state index is -0.608. The van der Waals surface area contributed by atoms with Crippen molar-refractivity contribution in [1.29, 1.82) is 0 Å². The Morgan fingerprint density at radius 1 is 1.38 bits per heavy atom. The predicted molar refractivity (Wildman–Crippen MR) is 113 cm³/mol. The minimum Gasteiger partial charge on any atom is -0.480 e.